The van der Waals surface area contributed by atoms with Crippen LogP contribution in [0.15, 0.2) is 34.4 Å². The molecule has 2 heterocycles. The summed E-state index contributed by atoms with van der Waals surface area (Å²) in [5.41, 5.74) is -0.550. The van der Waals surface area contributed by atoms with E-state index in [1.165, 1.54) is 38.3 Å². The minimum Gasteiger partial charge on any atom is -0.490 e. The molecule has 0 saturated carbocycles. The van der Waals surface area contributed by atoms with Gasteiger partial charge in [0.1, 0.15) is 11.5 Å². The molecule has 0 aliphatic carbocycles. The van der Waals surface area contributed by atoms with Crippen LogP contribution in [-0.2, 0) is 25.6 Å². The summed E-state index contributed by atoms with van der Waals surface area (Å²) in [6.45, 7) is 4.57. The first-order valence-electron chi connectivity index (χ1n) is 11.4. The van der Waals surface area contributed by atoms with Crippen LogP contribution < -0.4 is 14.8 Å². The zero-order valence-electron chi connectivity index (χ0n) is 21.0. The highest BCUT2D eigenvalue weighted by atomic mass is 16.6. The number of imide groups is 1. The Bertz CT molecular complexity index is 1300. The lowest BCUT2D eigenvalue weighted by Gasteiger charge is -2.17. The van der Waals surface area contributed by atoms with Gasteiger partial charge in [0, 0.05) is 6.07 Å². The van der Waals surface area contributed by atoms with Crippen molar-refractivity contribution in [3.63, 3.8) is 0 Å². The number of nitro benzene ring substituents is 1. The smallest absolute Gasteiger partial charge is 0.373 e. The molecule has 14 heteroatoms. The molecule has 1 aromatic heterocycles. The van der Waals surface area contributed by atoms with Gasteiger partial charge in [-0.15, -0.1) is 0 Å². The van der Waals surface area contributed by atoms with Crippen molar-refractivity contribution in [2.75, 3.05) is 20.3 Å². The maximum absolute atomic E-state index is 12.9. The van der Waals surface area contributed by atoms with E-state index in [1.807, 2.05) is 0 Å². The van der Waals surface area contributed by atoms with Crippen molar-refractivity contribution >= 4 is 35.6 Å². The minimum atomic E-state index is -1.16. The zero-order valence-corrected chi connectivity index (χ0v) is 21.0. The zero-order chi connectivity index (χ0) is 28.0. The van der Waals surface area contributed by atoms with Crippen LogP contribution in [0.2, 0.25) is 0 Å². The maximum atomic E-state index is 12.9. The Hall–Kier alpha value is -4.88. The summed E-state index contributed by atoms with van der Waals surface area (Å²) in [4.78, 5) is 60.8. The highest BCUT2D eigenvalue weighted by molar-refractivity contribution is 6.13. The summed E-state index contributed by atoms with van der Waals surface area (Å²) in [5, 5.41) is 14.2. The number of nitro groups is 1. The second-order valence-corrected chi connectivity index (χ2v) is 7.71. The molecule has 1 N–H and O–H groups in total. The molecule has 3 rings (SSSR count). The fourth-order valence-electron chi connectivity index (χ4n) is 3.40. The second-order valence-electron chi connectivity index (χ2n) is 7.71. The predicted octanol–water partition coefficient (Wildman–Crippen LogP) is 2.80. The Labute approximate surface area is 216 Å². The van der Waals surface area contributed by atoms with E-state index in [9.17, 15) is 29.3 Å². The number of carbonyl (C=O) groups excluding carboxylic acids is 4. The van der Waals surface area contributed by atoms with Gasteiger partial charge in [-0.3, -0.25) is 19.8 Å². The van der Waals surface area contributed by atoms with Gasteiger partial charge in [0.2, 0.25) is 11.5 Å². The Kier molecular flexibility index (Phi) is 8.68. The largest absolute Gasteiger partial charge is 0.490 e. The van der Waals surface area contributed by atoms with E-state index in [0.717, 1.165) is 11.0 Å². The van der Waals surface area contributed by atoms with E-state index in [4.69, 9.17) is 18.6 Å². The lowest BCUT2D eigenvalue weighted by molar-refractivity contribution is -0.386. The van der Waals surface area contributed by atoms with Gasteiger partial charge < -0.3 is 28.7 Å². The van der Waals surface area contributed by atoms with Gasteiger partial charge >= 0.3 is 23.7 Å². The quantitative estimate of drug-likeness (QED) is 0.148. The average Bonchev–Trinajstić information content (AvgIpc) is 3.45. The normalized spacial score (nSPS) is 14.7. The molecule has 1 fully saturated rings. The first kappa shape index (κ1) is 27.7. The maximum Gasteiger partial charge on any atom is 0.373 e. The van der Waals surface area contributed by atoms with Gasteiger partial charge in [-0.25, -0.2) is 14.4 Å². The Morgan fingerprint density at radius 2 is 1.95 bits per heavy atom. The molecule has 1 saturated heterocycles. The van der Waals surface area contributed by atoms with Crippen molar-refractivity contribution in [3.05, 3.63) is 57.2 Å². The monoisotopic (exact) mass is 531 g/mol. The van der Waals surface area contributed by atoms with Crippen LogP contribution in [0.25, 0.3) is 6.08 Å². The van der Waals surface area contributed by atoms with E-state index >= 15 is 0 Å². The van der Waals surface area contributed by atoms with Gasteiger partial charge in [0.15, 0.2) is 11.9 Å². The number of rotatable bonds is 11. The van der Waals surface area contributed by atoms with Crippen LogP contribution in [0, 0.1) is 10.1 Å². The molecule has 0 unspecified atom stereocenters. The van der Waals surface area contributed by atoms with E-state index in [1.54, 1.807) is 13.8 Å². The van der Waals surface area contributed by atoms with Crippen molar-refractivity contribution in [1.29, 1.82) is 0 Å². The third-order valence-electron chi connectivity index (χ3n) is 5.10. The van der Waals surface area contributed by atoms with E-state index in [0.29, 0.717) is 0 Å². The molecule has 1 aliphatic heterocycles. The number of esters is 2. The van der Waals surface area contributed by atoms with Gasteiger partial charge in [0.25, 0.3) is 5.91 Å². The van der Waals surface area contributed by atoms with Crippen molar-refractivity contribution in [1.82, 2.24) is 10.2 Å². The number of ether oxygens (including phenoxy) is 4. The molecule has 1 aliphatic rings. The number of nitrogens with one attached hydrogen (secondary N) is 1. The highest BCUT2D eigenvalue weighted by Gasteiger charge is 2.35. The number of amides is 3. The molecule has 3 amide bonds. The van der Waals surface area contributed by atoms with Crippen LogP contribution in [0.5, 0.6) is 11.5 Å². The summed E-state index contributed by atoms with van der Waals surface area (Å²) < 4.78 is 25.8. The van der Waals surface area contributed by atoms with Crippen molar-refractivity contribution < 1.29 is 47.5 Å². The van der Waals surface area contributed by atoms with Crippen LogP contribution in [0.1, 0.15) is 42.6 Å². The molecule has 202 valence electrons. The predicted molar refractivity (Wildman–Crippen MR) is 128 cm³/mol. The third kappa shape index (κ3) is 6.08. The summed E-state index contributed by atoms with van der Waals surface area (Å²) in [5.74, 6) is -2.45. The van der Waals surface area contributed by atoms with Crippen LogP contribution in [0.3, 0.4) is 0 Å². The number of methoxy groups -OCH3 is 1. The molecule has 2 aromatic rings. The van der Waals surface area contributed by atoms with Gasteiger partial charge in [0.05, 0.1) is 31.8 Å². The number of furan rings is 1. The third-order valence-corrected chi connectivity index (χ3v) is 5.10. The summed E-state index contributed by atoms with van der Waals surface area (Å²) >= 11 is 0. The topological polar surface area (TPSA) is 177 Å². The van der Waals surface area contributed by atoms with E-state index in [-0.39, 0.29) is 54.0 Å². The summed E-state index contributed by atoms with van der Waals surface area (Å²) in [6, 6.07) is 4.48. The summed E-state index contributed by atoms with van der Waals surface area (Å²) in [6.07, 6.45) is 0.0682. The molecule has 14 nitrogen and oxygen atoms in total. The second kappa shape index (κ2) is 11.9. The Balaban J connectivity index is 1.91. The van der Waals surface area contributed by atoms with E-state index < -0.39 is 40.6 Å². The first-order valence-corrected chi connectivity index (χ1v) is 11.4. The number of benzene rings is 1. The van der Waals surface area contributed by atoms with Crippen molar-refractivity contribution in [3.8, 4) is 11.5 Å². The number of hydrogen-bond donors (Lipinski definition) is 1. The van der Waals surface area contributed by atoms with Crippen LogP contribution in [0.4, 0.5) is 10.5 Å². The number of nitrogens with zero attached hydrogens (tertiary/aromatic N) is 2. The summed E-state index contributed by atoms with van der Waals surface area (Å²) in [7, 11) is 1.18. The Morgan fingerprint density at radius 3 is 2.58 bits per heavy atom. The molecule has 0 radical (unpaired) electrons. The van der Waals surface area contributed by atoms with Gasteiger partial charge in [-0.1, -0.05) is 0 Å². The molecular weight excluding hydrogens is 506 g/mol. The molecule has 38 heavy (non-hydrogen) atoms. The molecule has 0 spiro atoms. The molecule has 0 bridgehead atoms. The highest BCUT2D eigenvalue weighted by Crippen LogP contribution is 2.40. The number of carbonyl (C=O) groups is 4. The first-order chi connectivity index (χ1) is 18.1. The SMILES string of the molecule is CCOC(=O)[C@H](C)Oc1c(OCC)cc(/C=C2\NC(=O)N(Cc3ccc(C(=O)OC)o3)C2=O)cc1[N+](=O)[O-]. The fraction of sp³-hybridized carbons (Fsp3) is 0.333. The van der Waals surface area contributed by atoms with Gasteiger partial charge in [-0.05, 0) is 50.6 Å². The molecular formula is C24H25N3O11. The molecule has 1 atom stereocenters. The fourth-order valence-corrected chi connectivity index (χ4v) is 3.40. The lowest BCUT2D eigenvalue weighted by Crippen LogP contribution is -2.30. The van der Waals surface area contributed by atoms with E-state index in [2.05, 4.69) is 10.1 Å². The molecule has 1 aromatic carbocycles. The van der Waals surface area contributed by atoms with Crippen LogP contribution >= 0.6 is 0 Å². The standard InChI is InChI=1S/C24H25N3O11/c1-5-35-19-11-14(10-17(27(32)33)20(19)37-13(3)22(29)36-6-2)9-16-21(28)26(24(31)25-16)12-15-7-8-18(38-15)23(30)34-4/h7-11,13H,5-6,12H2,1-4H3,(H,25,31)/b16-9-/t13-/m0/s1. The average molecular weight is 531 g/mol. The van der Waals surface area contributed by atoms with Gasteiger partial charge in [-0.2, -0.15) is 0 Å². The van der Waals surface area contributed by atoms with Crippen molar-refractivity contribution in [2.24, 2.45) is 0 Å². The number of hydrogen-bond acceptors (Lipinski definition) is 11. The van der Waals surface area contributed by atoms with Crippen LogP contribution in [-0.4, -0.2) is 60.1 Å². The lowest BCUT2D eigenvalue weighted by atomic mass is 10.1. The Morgan fingerprint density at radius 1 is 1.21 bits per heavy atom. The minimum absolute atomic E-state index is 0.0516. The van der Waals surface area contributed by atoms with Crippen molar-refractivity contribution in [2.45, 2.75) is 33.4 Å². The number of urea groups is 1.